The van der Waals surface area contributed by atoms with Crippen molar-refractivity contribution in [3.8, 4) is 0 Å². The molecule has 1 saturated heterocycles. The molecule has 0 aliphatic carbocycles. The maximum Gasteiger partial charge on any atom is 0.335 e. The van der Waals surface area contributed by atoms with Gasteiger partial charge in [-0.15, -0.1) is 0 Å². The summed E-state index contributed by atoms with van der Waals surface area (Å²) < 4.78 is 27.8. The van der Waals surface area contributed by atoms with E-state index in [1.54, 1.807) is 0 Å². The number of nitrogens with zero attached hydrogens (tertiary/aromatic N) is 1. The van der Waals surface area contributed by atoms with Crippen LogP contribution in [0.3, 0.4) is 0 Å². The number of hydrogen-bond donors (Lipinski definition) is 2. The molecule has 1 aromatic carbocycles. The van der Waals surface area contributed by atoms with Gasteiger partial charge in [-0.2, -0.15) is 0 Å². The summed E-state index contributed by atoms with van der Waals surface area (Å²) >= 11 is 0. The highest BCUT2D eigenvalue weighted by Crippen LogP contribution is 2.28. The number of hydrogen-bond acceptors (Lipinski definition) is 3. The first-order valence-corrected chi connectivity index (χ1v) is 6.13. The lowest BCUT2D eigenvalue weighted by molar-refractivity contribution is -0.119. The monoisotopic (exact) mass is 284 g/mol. The van der Waals surface area contributed by atoms with E-state index in [9.17, 15) is 18.4 Å². The average Bonchev–Trinajstić information content (AvgIpc) is 2.75. The molecule has 0 saturated carbocycles. The number of nitrogens with one attached hydrogen (secondary N) is 1. The van der Waals surface area contributed by atoms with Crippen molar-refractivity contribution in [1.29, 1.82) is 0 Å². The van der Waals surface area contributed by atoms with Crippen LogP contribution in [0.5, 0.6) is 0 Å². The molecular weight excluding hydrogens is 270 g/mol. The number of benzene rings is 1. The summed E-state index contributed by atoms with van der Waals surface area (Å²) in [5, 5.41) is 11.4. The minimum Gasteiger partial charge on any atom is -0.478 e. The zero-order valence-corrected chi connectivity index (χ0v) is 10.8. The molecule has 1 aliphatic rings. The molecule has 7 heteroatoms. The normalized spacial score (nSPS) is 18.1. The largest absolute Gasteiger partial charge is 0.478 e. The molecule has 5 nitrogen and oxygen atoms in total. The third-order valence-corrected chi connectivity index (χ3v) is 3.18. The average molecular weight is 284 g/mol. The van der Waals surface area contributed by atoms with E-state index in [-0.39, 0.29) is 17.6 Å². The van der Waals surface area contributed by atoms with Crippen molar-refractivity contribution in [3.05, 3.63) is 29.3 Å². The number of halogens is 2. The third-order valence-electron chi connectivity index (χ3n) is 3.18. The van der Waals surface area contributed by atoms with E-state index in [0.717, 1.165) is 12.1 Å². The molecule has 2 N–H and O–H groups in total. The van der Waals surface area contributed by atoms with E-state index in [1.165, 1.54) is 11.8 Å². The Balaban J connectivity index is 2.22. The number of amides is 1. The Morgan fingerprint density at radius 3 is 2.45 bits per heavy atom. The van der Waals surface area contributed by atoms with Gasteiger partial charge in [-0.25, -0.2) is 13.6 Å². The Labute approximate surface area is 114 Å². The Kier molecular flexibility index (Phi) is 3.87. The SMILES string of the molecule is CC(=O)NC1CCN(c2c(F)cc(C(=O)O)cc2F)C1. The number of rotatable bonds is 3. The fraction of sp³-hybridized carbons (Fsp3) is 0.385. The molecule has 1 atom stereocenters. The van der Waals surface area contributed by atoms with Crippen LogP contribution in [-0.2, 0) is 4.79 Å². The van der Waals surface area contributed by atoms with Gasteiger partial charge < -0.3 is 15.3 Å². The van der Waals surface area contributed by atoms with Crippen LogP contribution in [0, 0.1) is 11.6 Å². The first-order chi connectivity index (χ1) is 9.38. The molecule has 1 aliphatic heterocycles. The lowest BCUT2D eigenvalue weighted by Gasteiger charge is -2.20. The highest BCUT2D eigenvalue weighted by molar-refractivity contribution is 5.88. The highest BCUT2D eigenvalue weighted by atomic mass is 19.1. The lowest BCUT2D eigenvalue weighted by atomic mass is 10.1. The summed E-state index contributed by atoms with van der Waals surface area (Å²) in [5.41, 5.74) is -0.677. The van der Waals surface area contributed by atoms with Crippen LogP contribution in [-0.4, -0.2) is 36.1 Å². The predicted octanol–water partition coefficient (Wildman–Crippen LogP) is 1.38. The van der Waals surface area contributed by atoms with E-state index in [1.807, 2.05) is 0 Å². The lowest BCUT2D eigenvalue weighted by Crippen LogP contribution is -2.35. The molecule has 2 rings (SSSR count). The van der Waals surface area contributed by atoms with E-state index < -0.39 is 23.2 Å². The van der Waals surface area contributed by atoms with Crippen LogP contribution in [0.15, 0.2) is 12.1 Å². The van der Waals surface area contributed by atoms with Gasteiger partial charge in [0.1, 0.15) is 17.3 Å². The highest BCUT2D eigenvalue weighted by Gasteiger charge is 2.28. The minimum absolute atomic E-state index is 0.162. The quantitative estimate of drug-likeness (QED) is 0.879. The molecule has 1 amide bonds. The number of aromatic carboxylic acids is 1. The second-order valence-electron chi connectivity index (χ2n) is 4.73. The topological polar surface area (TPSA) is 69.6 Å². The van der Waals surface area contributed by atoms with E-state index in [4.69, 9.17) is 5.11 Å². The fourth-order valence-electron chi connectivity index (χ4n) is 2.36. The Morgan fingerprint density at radius 1 is 1.35 bits per heavy atom. The van der Waals surface area contributed by atoms with Crippen molar-refractivity contribution in [3.63, 3.8) is 0 Å². The van der Waals surface area contributed by atoms with Crippen molar-refractivity contribution >= 4 is 17.6 Å². The predicted molar refractivity (Wildman–Crippen MR) is 67.8 cm³/mol. The van der Waals surface area contributed by atoms with Gasteiger partial charge in [0.05, 0.1) is 5.56 Å². The molecule has 1 heterocycles. The zero-order valence-electron chi connectivity index (χ0n) is 10.8. The van der Waals surface area contributed by atoms with Crippen LogP contribution >= 0.6 is 0 Å². The van der Waals surface area contributed by atoms with Gasteiger partial charge in [0.15, 0.2) is 0 Å². The summed E-state index contributed by atoms with van der Waals surface area (Å²) in [4.78, 5) is 23.1. The first kappa shape index (κ1) is 14.2. The van der Waals surface area contributed by atoms with Crippen LogP contribution < -0.4 is 10.2 Å². The second kappa shape index (κ2) is 5.44. The Bertz CT molecular complexity index is 540. The van der Waals surface area contributed by atoms with Gasteiger partial charge in [-0.05, 0) is 18.6 Å². The molecule has 0 aromatic heterocycles. The Morgan fingerprint density at radius 2 is 1.95 bits per heavy atom. The van der Waals surface area contributed by atoms with Gasteiger partial charge >= 0.3 is 5.97 Å². The van der Waals surface area contributed by atoms with Crippen LogP contribution in [0.25, 0.3) is 0 Å². The number of carboxylic acids is 1. The molecule has 1 unspecified atom stereocenters. The maximum atomic E-state index is 13.9. The third kappa shape index (κ3) is 2.87. The van der Waals surface area contributed by atoms with Crippen molar-refractivity contribution in [2.45, 2.75) is 19.4 Å². The van der Waals surface area contributed by atoms with Crippen LogP contribution in [0.2, 0.25) is 0 Å². The zero-order chi connectivity index (χ0) is 14.9. The van der Waals surface area contributed by atoms with Crippen molar-refractivity contribution in [1.82, 2.24) is 5.32 Å². The van der Waals surface area contributed by atoms with Crippen molar-refractivity contribution < 1.29 is 23.5 Å². The number of carbonyl (C=O) groups is 2. The van der Waals surface area contributed by atoms with Gasteiger partial charge in [0, 0.05) is 26.1 Å². The molecule has 0 radical (unpaired) electrons. The van der Waals surface area contributed by atoms with E-state index in [2.05, 4.69) is 5.32 Å². The number of carbonyl (C=O) groups excluding carboxylic acids is 1. The molecule has 0 bridgehead atoms. The summed E-state index contributed by atoms with van der Waals surface area (Å²) in [6.07, 6.45) is 0.582. The molecule has 108 valence electrons. The smallest absolute Gasteiger partial charge is 0.335 e. The minimum atomic E-state index is -1.38. The molecule has 1 aromatic rings. The van der Waals surface area contributed by atoms with Gasteiger partial charge in [-0.1, -0.05) is 0 Å². The number of carboxylic acid groups (broad SMARTS) is 1. The summed E-state index contributed by atoms with van der Waals surface area (Å²) in [6.45, 7) is 2.07. The van der Waals surface area contributed by atoms with Crippen molar-refractivity contribution in [2.24, 2.45) is 0 Å². The van der Waals surface area contributed by atoms with E-state index >= 15 is 0 Å². The van der Waals surface area contributed by atoms with E-state index in [0.29, 0.717) is 19.5 Å². The van der Waals surface area contributed by atoms with Crippen molar-refractivity contribution in [2.75, 3.05) is 18.0 Å². The number of anilines is 1. The molecule has 20 heavy (non-hydrogen) atoms. The van der Waals surface area contributed by atoms with Crippen LogP contribution in [0.4, 0.5) is 14.5 Å². The summed E-state index contributed by atoms with van der Waals surface area (Å²) in [5.74, 6) is -3.40. The second-order valence-corrected chi connectivity index (χ2v) is 4.73. The van der Waals surface area contributed by atoms with Gasteiger partial charge in [0.2, 0.25) is 5.91 Å². The maximum absolute atomic E-state index is 13.9. The molecule has 0 spiro atoms. The fourth-order valence-corrected chi connectivity index (χ4v) is 2.36. The Hall–Kier alpha value is -2.18. The molecule has 1 fully saturated rings. The van der Waals surface area contributed by atoms with Gasteiger partial charge in [0.25, 0.3) is 0 Å². The van der Waals surface area contributed by atoms with Crippen LogP contribution in [0.1, 0.15) is 23.7 Å². The molecular formula is C13H14F2N2O3. The summed E-state index contributed by atoms with van der Waals surface area (Å²) in [7, 11) is 0. The standard InChI is InChI=1S/C13H14F2N2O3/c1-7(18)16-9-2-3-17(6-9)12-10(14)4-8(13(19)20)5-11(12)15/h4-5,9H,2-3,6H2,1H3,(H,16,18)(H,19,20). The first-order valence-electron chi connectivity index (χ1n) is 6.13. The van der Waals surface area contributed by atoms with Gasteiger partial charge in [-0.3, -0.25) is 4.79 Å². The summed E-state index contributed by atoms with van der Waals surface area (Å²) in [6, 6.07) is 1.43.